The SMILES string of the molecule is COC1(C)CC(C)OC(C)C12CO2. The molecule has 2 rings (SSSR count). The van der Waals surface area contributed by atoms with Crippen molar-refractivity contribution in [2.75, 3.05) is 13.7 Å². The van der Waals surface area contributed by atoms with Crippen LogP contribution in [0.15, 0.2) is 0 Å². The molecule has 76 valence electrons. The van der Waals surface area contributed by atoms with Gasteiger partial charge >= 0.3 is 0 Å². The summed E-state index contributed by atoms with van der Waals surface area (Å²) in [6.45, 7) is 7.05. The molecule has 2 heterocycles. The van der Waals surface area contributed by atoms with E-state index in [1.165, 1.54) is 0 Å². The molecule has 0 aromatic heterocycles. The summed E-state index contributed by atoms with van der Waals surface area (Å²) in [4.78, 5) is 0. The maximum Gasteiger partial charge on any atom is 0.146 e. The molecule has 2 aliphatic heterocycles. The van der Waals surface area contributed by atoms with Gasteiger partial charge in [0.15, 0.2) is 0 Å². The molecule has 0 radical (unpaired) electrons. The summed E-state index contributed by atoms with van der Waals surface area (Å²) in [5.41, 5.74) is -0.349. The van der Waals surface area contributed by atoms with Crippen molar-refractivity contribution in [3.05, 3.63) is 0 Å². The quantitative estimate of drug-likeness (QED) is 0.579. The molecule has 0 bridgehead atoms. The molecule has 2 aliphatic rings. The van der Waals surface area contributed by atoms with Crippen molar-refractivity contribution in [1.29, 1.82) is 0 Å². The second kappa shape index (κ2) is 2.69. The van der Waals surface area contributed by atoms with Gasteiger partial charge in [0.1, 0.15) is 11.2 Å². The summed E-state index contributed by atoms with van der Waals surface area (Å²) in [6.07, 6.45) is 1.31. The fourth-order valence-corrected chi connectivity index (χ4v) is 2.53. The average molecular weight is 186 g/mol. The summed E-state index contributed by atoms with van der Waals surface area (Å²) >= 11 is 0. The van der Waals surface area contributed by atoms with Gasteiger partial charge in [0, 0.05) is 13.5 Å². The number of ether oxygens (including phenoxy) is 3. The summed E-state index contributed by atoms with van der Waals surface area (Å²) in [6, 6.07) is 0. The maximum atomic E-state index is 5.76. The standard InChI is InChI=1S/C10H18O3/c1-7-5-9(3,11-4)10(6-12-10)8(2)13-7/h7-8H,5-6H2,1-4H3. The zero-order valence-corrected chi connectivity index (χ0v) is 8.79. The van der Waals surface area contributed by atoms with E-state index in [1.807, 2.05) is 0 Å². The van der Waals surface area contributed by atoms with Crippen LogP contribution in [0.4, 0.5) is 0 Å². The minimum absolute atomic E-state index is 0.140. The van der Waals surface area contributed by atoms with Crippen LogP contribution in [0.2, 0.25) is 0 Å². The number of rotatable bonds is 1. The summed E-state index contributed by atoms with van der Waals surface area (Å²) in [5, 5.41) is 0. The number of hydrogen-bond acceptors (Lipinski definition) is 3. The molecule has 4 atom stereocenters. The van der Waals surface area contributed by atoms with Crippen molar-refractivity contribution in [2.24, 2.45) is 0 Å². The van der Waals surface area contributed by atoms with E-state index in [0.29, 0.717) is 0 Å². The Balaban J connectivity index is 2.23. The van der Waals surface area contributed by atoms with Crippen molar-refractivity contribution in [3.63, 3.8) is 0 Å². The number of hydrogen-bond donors (Lipinski definition) is 0. The van der Waals surface area contributed by atoms with Crippen LogP contribution in [0.5, 0.6) is 0 Å². The molecule has 3 nitrogen and oxygen atoms in total. The highest BCUT2D eigenvalue weighted by atomic mass is 16.7. The summed E-state index contributed by atoms with van der Waals surface area (Å²) in [7, 11) is 1.76. The molecule has 13 heavy (non-hydrogen) atoms. The van der Waals surface area contributed by atoms with Gasteiger partial charge in [-0.15, -0.1) is 0 Å². The lowest BCUT2D eigenvalue weighted by atomic mass is 9.78. The molecule has 0 aromatic carbocycles. The molecule has 4 unspecified atom stereocenters. The molecule has 0 saturated carbocycles. The van der Waals surface area contributed by atoms with E-state index >= 15 is 0 Å². The first kappa shape index (κ1) is 9.44. The molecule has 1 spiro atoms. The third-order valence-corrected chi connectivity index (χ3v) is 3.57. The zero-order chi connectivity index (χ0) is 9.69. The zero-order valence-electron chi connectivity index (χ0n) is 8.79. The lowest BCUT2D eigenvalue weighted by Gasteiger charge is -2.44. The Kier molecular flexibility index (Phi) is 1.95. The third kappa shape index (κ3) is 1.14. The first-order valence-electron chi connectivity index (χ1n) is 4.89. The Hall–Kier alpha value is -0.120. The van der Waals surface area contributed by atoms with Crippen molar-refractivity contribution in [2.45, 2.75) is 50.6 Å². The fraction of sp³-hybridized carbons (Fsp3) is 1.00. The van der Waals surface area contributed by atoms with Gasteiger partial charge in [-0.3, -0.25) is 0 Å². The second-order valence-corrected chi connectivity index (χ2v) is 4.41. The molecular formula is C10H18O3. The van der Waals surface area contributed by atoms with Gasteiger partial charge in [0.05, 0.1) is 18.8 Å². The van der Waals surface area contributed by atoms with Crippen LogP contribution >= 0.6 is 0 Å². The molecule has 0 aromatic rings. The lowest BCUT2D eigenvalue weighted by Crippen LogP contribution is -2.58. The normalized spacial score (nSPS) is 55.4. The lowest BCUT2D eigenvalue weighted by molar-refractivity contribution is -0.190. The highest BCUT2D eigenvalue weighted by molar-refractivity contribution is 5.14. The van der Waals surface area contributed by atoms with Crippen LogP contribution in [-0.2, 0) is 14.2 Å². The van der Waals surface area contributed by atoms with Gasteiger partial charge in [0.25, 0.3) is 0 Å². The van der Waals surface area contributed by atoms with Crippen molar-refractivity contribution >= 4 is 0 Å². The number of epoxide rings is 1. The topological polar surface area (TPSA) is 31.0 Å². The van der Waals surface area contributed by atoms with Gasteiger partial charge in [-0.05, 0) is 20.8 Å². The van der Waals surface area contributed by atoms with Gasteiger partial charge < -0.3 is 14.2 Å². The van der Waals surface area contributed by atoms with E-state index in [1.54, 1.807) is 7.11 Å². The first-order chi connectivity index (χ1) is 6.04. The molecule has 2 saturated heterocycles. The highest BCUT2D eigenvalue weighted by Crippen LogP contribution is 2.50. The first-order valence-corrected chi connectivity index (χ1v) is 4.89. The maximum absolute atomic E-state index is 5.76. The van der Waals surface area contributed by atoms with Crippen molar-refractivity contribution in [3.8, 4) is 0 Å². The summed E-state index contributed by atoms with van der Waals surface area (Å²) in [5.74, 6) is 0. The Morgan fingerprint density at radius 2 is 2.00 bits per heavy atom. The van der Waals surface area contributed by atoms with Crippen LogP contribution in [0.25, 0.3) is 0 Å². The monoisotopic (exact) mass is 186 g/mol. The minimum atomic E-state index is -0.177. The Bertz CT molecular complexity index is 212. The van der Waals surface area contributed by atoms with Gasteiger partial charge in [-0.2, -0.15) is 0 Å². The predicted octanol–water partition coefficient (Wildman–Crippen LogP) is 1.36. The second-order valence-electron chi connectivity index (χ2n) is 4.41. The minimum Gasteiger partial charge on any atom is -0.375 e. The molecule has 0 amide bonds. The van der Waals surface area contributed by atoms with E-state index in [2.05, 4.69) is 20.8 Å². The third-order valence-electron chi connectivity index (χ3n) is 3.57. The summed E-state index contributed by atoms with van der Waals surface area (Å²) < 4.78 is 16.9. The van der Waals surface area contributed by atoms with E-state index in [0.717, 1.165) is 13.0 Å². The largest absolute Gasteiger partial charge is 0.375 e. The van der Waals surface area contributed by atoms with E-state index < -0.39 is 0 Å². The molecular weight excluding hydrogens is 168 g/mol. The van der Waals surface area contributed by atoms with Crippen LogP contribution in [0.1, 0.15) is 27.2 Å². The molecule has 0 aliphatic carbocycles. The highest BCUT2D eigenvalue weighted by Gasteiger charge is 2.66. The van der Waals surface area contributed by atoms with E-state index in [9.17, 15) is 0 Å². The van der Waals surface area contributed by atoms with Crippen LogP contribution in [0.3, 0.4) is 0 Å². The average Bonchev–Trinajstić information content (AvgIpc) is 2.81. The molecule has 0 N–H and O–H groups in total. The predicted molar refractivity (Wildman–Crippen MR) is 48.7 cm³/mol. The van der Waals surface area contributed by atoms with E-state index in [4.69, 9.17) is 14.2 Å². The Morgan fingerprint density at radius 1 is 1.38 bits per heavy atom. The number of methoxy groups -OCH3 is 1. The Labute approximate surface area is 79.4 Å². The van der Waals surface area contributed by atoms with Gasteiger partial charge in [0.2, 0.25) is 0 Å². The van der Waals surface area contributed by atoms with Gasteiger partial charge in [-0.1, -0.05) is 0 Å². The van der Waals surface area contributed by atoms with Crippen LogP contribution in [-0.4, -0.2) is 37.1 Å². The smallest absolute Gasteiger partial charge is 0.146 e. The van der Waals surface area contributed by atoms with E-state index in [-0.39, 0.29) is 23.4 Å². The fourth-order valence-electron chi connectivity index (χ4n) is 2.53. The molecule has 2 fully saturated rings. The van der Waals surface area contributed by atoms with Crippen LogP contribution in [0, 0.1) is 0 Å². The Morgan fingerprint density at radius 3 is 2.46 bits per heavy atom. The van der Waals surface area contributed by atoms with Crippen molar-refractivity contribution in [1.82, 2.24) is 0 Å². The van der Waals surface area contributed by atoms with Gasteiger partial charge in [-0.25, -0.2) is 0 Å². The molecule has 3 heteroatoms. The van der Waals surface area contributed by atoms with Crippen LogP contribution < -0.4 is 0 Å². The van der Waals surface area contributed by atoms with Crippen molar-refractivity contribution < 1.29 is 14.2 Å².